The number of hydrogen-bond acceptors (Lipinski definition) is 2. The summed E-state index contributed by atoms with van der Waals surface area (Å²) in [4.78, 5) is 14.6. The lowest BCUT2D eigenvalue weighted by atomic mass is 10.2. The smallest absolute Gasteiger partial charge is 0.303 e. The fourth-order valence-corrected chi connectivity index (χ4v) is 1.52. The van der Waals surface area contributed by atoms with E-state index in [1.54, 1.807) is 18.3 Å². The van der Waals surface area contributed by atoms with Crippen LogP contribution >= 0.6 is 11.6 Å². The van der Waals surface area contributed by atoms with E-state index in [0.29, 0.717) is 11.4 Å². The molecule has 0 atom stereocenters. The van der Waals surface area contributed by atoms with Crippen molar-refractivity contribution in [3.8, 4) is 0 Å². The first kappa shape index (κ1) is 9.98. The first-order chi connectivity index (χ1) is 7.15. The molecule has 0 saturated carbocycles. The van der Waals surface area contributed by atoms with E-state index >= 15 is 0 Å². The SMILES string of the molecule is O=C(O)CCc1cn2ccc(Cl)cc2n1. The summed E-state index contributed by atoms with van der Waals surface area (Å²) in [6.07, 6.45) is 4.15. The van der Waals surface area contributed by atoms with Gasteiger partial charge in [0, 0.05) is 23.8 Å². The predicted molar refractivity (Wildman–Crippen MR) is 56.2 cm³/mol. The molecule has 78 valence electrons. The van der Waals surface area contributed by atoms with Crippen molar-refractivity contribution in [2.24, 2.45) is 0 Å². The van der Waals surface area contributed by atoms with E-state index in [1.807, 2.05) is 10.6 Å². The van der Waals surface area contributed by atoms with Crippen LogP contribution in [0, 0.1) is 0 Å². The van der Waals surface area contributed by atoms with Crippen LogP contribution in [0.3, 0.4) is 0 Å². The Bertz CT molecular complexity index is 507. The van der Waals surface area contributed by atoms with Crippen LogP contribution in [0.15, 0.2) is 24.5 Å². The number of carboxylic acids is 1. The molecule has 1 N–H and O–H groups in total. The third-order valence-corrected chi connectivity index (χ3v) is 2.30. The first-order valence-electron chi connectivity index (χ1n) is 4.50. The Labute approximate surface area is 91.1 Å². The Hall–Kier alpha value is -1.55. The zero-order chi connectivity index (χ0) is 10.8. The van der Waals surface area contributed by atoms with Crippen LogP contribution in [-0.2, 0) is 11.2 Å². The molecule has 0 aliphatic heterocycles. The molecule has 2 aromatic rings. The lowest BCUT2D eigenvalue weighted by Gasteiger charge is -1.91. The number of fused-ring (bicyclic) bond motifs is 1. The van der Waals surface area contributed by atoms with Crippen molar-refractivity contribution in [1.82, 2.24) is 9.38 Å². The minimum absolute atomic E-state index is 0.0949. The predicted octanol–water partition coefficient (Wildman–Crippen LogP) is 2.00. The van der Waals surface area contributed by atoms with E-state index in [4.69, 9.17) is 16.7 Å². The topological polar surface area (TPSA) is 54.6 Å². The van der Waals surface area contributed by atoms with Gasteiger partial charge in [0.05, 0.1) is 12.1 Å². The molecule has 0 amide bonds. The zero-order valence-electron chi connectivity index (χ0n) is 7.85. The Morgan fingerprint density at radius 2 is 2.40 bits per heavy atom. The van der Waals surface area contributed by atoms with E-state index in [2.05, 4.69) is 4.98 Å². The minimum Gasteiger partial charge on any atom is -0.481 e. The molecule has 0 fully saturated rings. The number of carbonyl (C=O) groups is 1. The monoisotopic (exact) mass is 224 g/mol. The second-order valence-corrected chi connectivity index (χ2v) is 3.67. The van der Waals surface area contributed by atoms with Crippen molar-refractivity contribution in [3.63, 3.8) is 0 Å². The molecule has 0 spiro atoms. The van der Waals surface area contributed by atoms with Crippen molar-refractivity contribution in [2.45, 2.75) is 12.8 Å². The minimum atomic E-state index is -0.815. The summed E-state index contributed by atoms with van der Waals surface area (Å²) in [5.41, 5.74) is 1.50. The number of carboxylic acid groups (broad SMARTS) is 1. The Kier molecular flexibility index (Phi) is 2.60. The van der Waals surface area contributed by atoms with Crippen LogP contribution in [0.2, 0.25) is 5.02 Å². The summed E-state index contributed by atoms with van der Waals surface area (Å²) in [6, 6.07) is 3.50. The molecule has 2 aromatic heterocycles. The van der Waals surface area contributed by atoms with Gasteiger partial charge in [-0.05, 0) is 12.1 Å². The molecular weight excluding hydrogens is 216 g/mol. The molecule has 0 aromatic carbocycles. The number of aliphatic carboxylic acids is 1. The van der Waals surface area contributed by atoms with Gasteiger partial charge in [0.1, 0.15) is 5.65 Å². The van der Waals surface area contributed by atoms with Gasteiger partial charge < -0.3 is 9.51 Å². The highest BCUT2D eigenvalue weighted by molar-refractivity contribution is 6.30. The van der Waals surface area contributed by atoms with E-state index in [-0.39, 0.29) is 6.42 Å². The van der Waals surface area contributed by atoms with Crippen LogP contribution in [0.25, 0.3) is 5.65 Å². The molecular formula is C10H9ClN2O2. The van der Waals surface area contributed by atoms with Crippen molar-refractivity contribution < 1.29 is 9.90 Å². The molecule has 0 radical (unpaired) electrons. The third kappa shape index (κ3) is 2.27. The number of halogens is 1. The standard InChI is InChI=1S/C10H9ClN2O2/c11-7-3-4-13-6-8(1-2-10(14)15)12-9(13)5-7/h3-6H,1-2H2,(H,14,15). The Morgan fingerprint density at radius 1 is 1.60 bits per heavy atom. The second kappa shape index (κ2) is 3.90. The molecule has 2 rings (SSSR count). The molecule has 15 heavy (non-hydrogen) atoms. The highest BCUT2D eigenvalue weighted by Gasteiger charge is 2.04. The van der Waals surface area contributed by atoms with E-state index in [1.165, 1.54) is 0 Å². The Balaban J connectivity index is 2.27. The van der Waals surface area contributed by atoms with Crippen LogP contribution in [0.5, 0.6) is 0 Å². The molecule has 0 bridgehead atoms. The van der Waals surface area contributed by atoms with Gasteiger partial charge in [-0.3, -0.25) is 4.79 Å². The van der Waals surface area contributed by atoms with Gasteiger partial charge in [-0.1, -0.05) is 11.6 Å². The van der Waals surface area contributed by atoms with Gasteiger partial charge in [0.15, 0.2) is 0 Å². The van der Waals surface area contributed by atoms with Crippen molar-refractivity contribution in [2.75, 3.05) is 0 Å². The maximum atomic E-state index is 10.4. The Morgan fingerprint density at radius 3 is 3.13 bits per heavy atom. The summed E-state index contributed by atoms with van der Waals surface area (Å²) in [5.74, 6) is -0.815. The van der Waals surface area contributed by atoms with Gasteiger partial charge in [0.2, 0.25) is 0 Å². The summed E-state index contributed by atoms with van der Waals surface area (Å²) < 4.78 is 1.82. The average Bonchev–Trinajstić information content (AvgIpc) is 2.56. The quantitative estimate of drug-likeness (QED) is 0.868. The molecule has 5 heteroatoms. The van der Waals surface area contributed by atoms with Gasteiger partial charge in [-0.25, -0.2) is 4.98 Å². The van der Waals surface area contributed by atoms with E-state index in [9.17, 15) is 4.79 Å². The summed E-state index contributed by atoms with van der Waals surface area (Å²) in [5, 5.41) is 9.16. The zero-order valence-corrected chi connectivity index (χ0v) is 8.61. The van der Waals surface area contributed by atoms with Crippen molar-refractivity contribution in [3.05, 3.63) is 35.2 Å². The van der Waals surface area contributed by atoms with Gasteiger partial charge in [-0.2, -0.15) is 0 Å². The number of aryl methyl sites for hydroxylation is 1. The van der Waals surface area contributed by atoms with Gasteiger partial charge >= 0.3 is 5.97 Å². The molecule has 4 nitrogen and oxygen atoms in total. The second-order valence-electron chi connectivity index (χ2n) is 3.24. The maximum Gasteiger partial charge on any atom is 0.303 e. The molecule has 0 unspecified atom stereocenters. The van der Waals surface area contributed by atoms with Crippen LogP contribution < -0.4 is 0 Å². The van der Waals surface area contributed by atoms with Gasteiger partial charge in [-0.15, -0.1) is 0 Å². The number of nitrogens with zero attached hydrogens (tertiary/aromatic N) is 2. The highest BCUT2D eigenvalue weighted by atomic mass is 35.5. The maximum absolute atomic E-state index is 10.4. The number of aromatic nitrogens is 2. The fourth-order valence-electron chi connectivity index (χ4n) is 1.37. The third-order valence-electron chi connectivity index (χ3n) is 2.07. The molecule has 0 aliphatic carbocycles. The van der Waals surface area contributed by atoms with Gasteiger partial charge in [0.25, 0.3) is 0 Å². The van der Waals surface area contributed by atoms with Crippen LogP contribution in [0.1, 0.15) is 12.1 Å². The summed E-state index contributed by atoms with van der Waals surface area (Å²) in [7, 11) is 0. The normalized spacial score (nSPS) is 10.7. The molecule has 0 aliphatic rings. The van der Waals surface area contributed by atoms with E-state index in [0.717, 1.165) is 11.3 Å². The highest BCUT2D eigenvalue weighted by Crippen LogP contribution is 2.13. The average molecular weight is 225 g/mol. The fraction of sp³-hybridized carbons (Fsp3) is 0.200. The summed E-state index contributed by atoms with van der Waals surface area (Å²) >= 11 is 5.81. The van der Waals surface area contributed by atoms with Crippen LogP contribution in [-0.4, -0.2) is 20.5 Å². The number of imidazole rings is 1. The van der Waals surface area contributed by atoms with Crippen LogP contribution in [0.4, 0.5) is 0 Å². The lowest BCUT2D eigenvalue weighted by molar-refractivity contribution is -0.136. The summed E-state index contributed by atoms with van der Waals surface area (Å²) in [6.45, 7) is 0. The lowest BCUT2D eigenvalue weighted by Crippen LogP contribution is -1.97. The molecule has 2 heterocycles. The van der Waals surface area contributed by atoms with Crippen molar-refractivity contribution >= 4 is 23.2 Å². The van der Waals surface area contributed by atoms with Crippen molar-refractivity contribution in [1.29, 1.82) is 0 Å². The van der Waals surface area contributed by atoms with E-state index < -0.39 is 5.97 Å². The number of hydrogen-bond donors (Lipinski definition) is 1. The first-order valence-corrected chi connectivity index (χ1v) is 4.88. The largest absolute Gasteiger partial charge is 0.481 e. The number of rotatable bonds is 3. The molecule has 0 saturated heterocycles. The number of pyridine rings is 1.